The summed E-state index contributed by atoms with van der Waals surface area (Å²) in [7, 11) is 1.71. The van der Waals surface area contributed by atoms with E-state index in [1.807, 2.05) is 12.1 Å². The van der Waals surface area contributed by atoms with Crippen LogP contribution in [0.3, 0.4) is 0 Å². The lowest BCUT2D eigenvalue weighted by atomic mass is 10.1. The van der Waals surface area contributed by atoms with Gasteiger partial charge in [0.05, 0.1) is 17.6 Å². The first-order valence-corrected chi connectivity index (χ1v) is 5.92. The maximum absolute atomic E-state index is 11.6. The van der Waals surface area contributed by atoms with Crippen LogP contribution in [0.15, 0.2) is 24.4 Å². The van der Waals surface area contributed by atoms with Crippen molar-refractivity contribution in [2.24, 2.45) is 0 Å². The van der Waals surface area contributed by atoms with Crippen molar-refractivity contribution in [3.63, 3.8) is 0 Å². The van der Waals surface area contributed by atoms with Gasteiger partial charge >= 0.3 is 0 Å². The van der Waals surface area contributed by atoms with Gasteiger partial charge in [0.1, 0.15) is 5.75 Å². The molecule has 1 aliphatic heterocycles. The smallest absolute Gasteiger partial charge is 0.264 e. The SMILES string of the molecule is CN1C(=O)COc2ccc(-c3cnnc(Cl)n3)cc21. The maximum atomic E-state index is 11.6. The predicted molar refractivity (Wildman–Crippen MR) is 69.2 cm³/mol. The number of hydrogen-bond donors (Lipinski definition) is 0. The van der Waals surface area contributed by atoms with Gasteiger partial charge in [0.15, 0.2) is 6.61 Å². The summed E-state index contributed by atoms with van der Waals surface area (Å²) in [6.45, 7) is 0.0593. The molecule has 0 radical (unpaired) electrons. The average Bonchev–Trinajstić information content (AvgIpc) is 2.43. The lowest BCUT2D eigenvalue weighted by Gasteiger charge is -2.26. The van der Waals surface area contributed by atoms with E-state index >= 15 is 0 Å². The second-order valence-electron chi connectivity index (χ2n) is 4.03. The Morgan fingerprint density at radius 2 is 2.26 bits per heavy atom. The minimum Gasteiger partial charge on any atom is -0.482 e. The van der Waals surface area contributed by atoms with E-state index in [-0.39, 0.29) is 17.8 Å². The van der Waals surface area contributed by atoms with Crippen LogP contribution in [0, 0.1) is 0 Å². The number of ether oxygens (including phenoxy) is 1. The van der Waals surface area contributed by atoms with Gasteiger partial charge in [-0.2, -0.15) is 5.10 Å². The fourth-order valence-corrected chi connectivity index (χ4v) is 1.99. The number of anilines is 1. The van der Waals surface area contributed by atoms with Crippen molar-refractivity contribution in [3.05, 3.63) is 29.7 Å². The molecular weight excluding hydrogens is 268 g/mol. The first-order valence-electron chi connectivity index (χ1n) is 5.54. The van der Waals surface area contributed by atoms with E-state index in [4.69, 9.17) is 16.3 Å². The van der Waals surface area contributed by atoms with Gasteiger partial charge in [-0.05, 0) is 29.8 Å². The number of amides is 1. The number of benzene rings is 1. The number of nitrogens with zero attached hydrogens (tertiary/aromatic N) is 4. The highest BCUT2D eigenvalue weighted by Crippen LogP contribution is 2.34. The Balaban J connectivity index is 2.08. The van der Waals surface area contributed by atoms with Crippen LogP contribution in [0.5, 0.6) is 5.75 Å². The average molecular weight is 277 g/mol. The third-order valence-electron chi connectivity index (χ3n) is 2.87. The van der Waals surface area contributed by atoms with Crippen LogP contribution in [0.25, 0.3) is 11.3 Å². The van der Waals surface area contributed by atoms with E-state index in [0.717, 1.165) is 5.56 Å². The van der Waals surface area contributed by atoms with E-state index < -0.39 is 0 Å². The molecule has 0 spiro atoms. The zero-order chi connectivity index (χ0) is 13.4. The number of likely N-dealkylation sites (N-methyl/N-ethyl adjacent to an activating group) is 1. The van der Waals surface area contributed by atoms with Gasteiger partial charge in [0.2, 0.25) is 5.28 Å². The molecule has 2 heterocycles. The van der Waals surface area contributed by atoms with Crippen molar-refractivity contribution < 1.29 is 9.53 Å². The lowest BCUT2D eigenvalue weighted by Crippen LogP contribution is -2.35. The molecule has 7 heteroatoms. The van der Waals surface area contributed by atoms with E-state index in [0.29, 0.717) is 17.1 Å². The zero-order valence-electron chi connectivity index (χ0n) is 10.00. The first kappa shape index (κ1) is 11.9. The van der Waals surface area contributed by atoms with Crippen LogP contribution in [0.2, 0.25) is 5.28 Å². The van der Waals surface area contributed by atoms with Crippen LogP contribution >= 0.6 is 11.6 Å². The molecule has 1 aromatic carbocycles. The van der Waals surface area contributed by atoms with Crippen molar-refractivity contribution >= 4 is 23.2 Å². The fourth-order valence-electron chi connectivity index (χ4n) is 1.85. The molecule has 0 saturated carbocycles. The quantitative estimate of drug-likeness (QED) is 0.790. The summed E-state index contributed by atoms with van der Waals surface area (Å²) in [5, 5.41) is 7.42. The maximum Gasteiger partial charge on any atom is 0.264 e. The monoisotopic (exact) mass is 276 g/mol. The molecular formula is C12H9ClN4O2. The van der Waals surface area contributed by atoms with Gasteiger partial charge in [-0.3, -0.25) is 4.79 Å². The van der Waals surface area contributed by atoms with Crippen molar-refractivity contribution in [2.45, 2.75) is 0 Å². The molecule has 0 N–H and O–H groups in total. The molecule has 0 saturated heterocycles. The van der Waals surface area contributed by atoms with E-state index in [9.17, 15) is 4.79 Å². The van der Waals surface area contributed by atoms with Crippen LogP contribution in [-0.2, 0) is 4.79 Å². The lowest BCUT2D eigenvalue weighted by molar-refractivity contribution is -0.120. The fraction of sp³-hybridized carbons (Fsp3) is 0.167. The number of hydrogen-bond acceptors (Lipinski definition) is 5. The minimum atomic E-state index is -0.0940. The Labute approximate surface area is 114 Å². The predicted octanol–water partition coefficient (Wildman–Crippen LogP) is 1.55. The Hall–Kier alpha value is -2.21. The number of carbonyl (C=O) groups is 1. The summed E-state index contributed by atoms with van der Waals surface area (Å²) in [5.74, 6) is 0.572. The van der Waals surface area contributed by atoms with E-state index in [2.05, 4.69) is 15.2 Å². The van der Waals surface area contributed by atoms with Crippen molar-refractivity contribution in [3.8, 4) is 17.0 Å². The molecule has 6 nitrogen and oxygen atoms in total. The molecule has 2 aromatic rings. The molecule has 0 aliphatic carbocycles. The standard InChI is InChI=1S/C12H9ClN4O2/c1-17-9-4-7(8-5-14-16-12(13)15-8)2-3-10(9)19-6-11(17)18/h2-5H,6H2,1H3. The van der Waals surface area contributed by atoms with Gasteiger partial charge in [-0.15, -0.1) is 5.10 Å². The normalized spacial score (nSPS) is 14.0. The minimum absolute atomic E-state index is 0.0593. The van der Waals surface area contributed by atoms with Crippen molar-refractivity contribution in [2.75, 3.05) is 18.6 Å². The summed E-state index contributed by atoms with van der Waals surface area (Å²) in [6.07, 6.45) is 1.51. The number of aromatic nitrogens is 3. The van der Waals surface area contributed by atoms with Gasteiger partial charge in [0, 0.05) is 12.6 Å². The Morgan fingerprint density at radius 3 is 3.05 bits per heavy atom. The Bertz CT molecular complexity index is 662. The van der Waals surface area contributed by atoms with Gasteiger partial charge in [-0.25, -0.2) is 4.98 Å². The van der Waals surface area contributed by atoms with Crippen LogP contribution in [0.4, 0.5) is 5.69 Å². The third-order valence-corrected chi connectivity index (χ3v) is 3.03. The van der Waals surface area contributed by atoms with Crippen LogP contribution in [0.1, 0.15) is 0 Å². The molecule has 0 fully saturated rings. The van der Waals surface area contributed by atoms with Gasteiger partial charge < -0.3 is 9.64 Å². The number of rotatable bonds is 1. The summed E-state index contributed by atoms with van der Waals surface area (Å²) >= 11 is 5.72. The molecule has 0 atom stereocenters. The van der Waals surface area contributed by atoms with E-state index in [1.165, 1.54) is 6.20 Å². The summed E-state index contributed by atoms with van der Waals surface area (Å²) < 4.78 is 5.36. The molecule has 1 aromatic heterocycles. The van der Waals surface area contributed by atoms with E-state index in [1.54, 1.807) is 18.0 Å². The number of halogens is 1. The number of fused-ring (bicyclic) bond motifs is 1. The van der Waals surface area contributed by atoms with Gasteiger partial charge in [-0.1, -0.05) is 0 Å². The second kappa shape index (κ2) is 4.47. The summed E-state index contributed by atoms with van der Waals surface area (Å²) in [5.41, 5.74) is 2.08. The summed E-state index contributed by atoms with van der Waals surface area (Å²) in [6, 6.07) is 5.44. The van der Waals surface area contributed by atoms with Crippen molar-refractivity contribution in [1.82, 2.24) is 15.2 Å². The molecule has 19 heavy (non-hydrogen) atoms. The molecule has 3 rings (SSSR count). The molecule has 96 valence electrons. The first-order chi connectivity index (χ1) is 9.15. The molecule has 1 aliphatic rings. The Morgan fingerprint density at radius 1 is 1.42 bits per heavy atom. The molecule has 0 bridgehead atoms. The highest BCUT2D eigenvalue weighted by molar-refractivity contribution is 6.28. The topological polar surface area (TPSA) is 68.2 Å². The highest BCUT2D eigenvalue weighted by atomic mass is 35.5. The zero-order valence-corrected chi connectivity index (χ0v) is 10.8. The Kier molecular flexibility index (Phi) is 2.79. The van der Waals surface area contributed by atoms with Crippen LogP contribution in [-0.4, -0.2) is 34.7 Å². The second-order valence-corrected chi connectivity index (χ2v) is 4.37. The largest absolute Gasteiger partial charge is 0.482 e. The van der Waals surface area contributed by atoms with Gasteiger partial charge in [0.25, 0.3) is 5.91 Å². The number of carbonyl (C=O) groups excluding carboxylic acids is 1. The van der Waals surface area contributed by atoms with Crippen molar-refractivity contribution in [1.29, 1.82) is 0 Å². The third kappa shape index (κ3) is 2.10. The summed E-state index contributed by atoms with van der Waals surface area (Å²) in [4.78, 5) is 17.2. The molecule has 1 amide bonds. The molecule has 0 unspecified atom stereocenters. The van der Waals surface area contributed by atoms with Crippen LogP contribution < -0.4 is 9.64 Å². The highest BCUT2D eigenvalue weighted by Gasteiger charge is 2.22.